The third-order valence-corrected chi connectivity index (χ3v) is 7.34. The summed E-state index contributed by atoms with van der Waals surface area (Å²) < 4.78 is 0. The van der Waals surface area contributed by atoms with E-state index in [0.717, 1.165) is 45.0 Å². The van der Waals surface area contributed by atoms with Gasteiger partial charge in [0, 0.05) is 24.8 Å². The molecule has 42 heavy (non-hydrogen) atoms. The SMILES string of the molecule is c1ccc(-c2cc(-c3ccc(-c4cccc(-c5ccc(-c6ccnc(-c7ccccn7)c6)cc5)c4)cc3)ccn2)nc1. The molecule has 0 unspecified atom stereocenters. The van der Waals surface area contributed by atoms with E-state index < -0.39 is 0 Å². The van der Waals surface area contributed by atoms with Crippen molar-refractivity contribution in [2.45, 2.75) is 0 Å². The van der Waals surface area contributed by atoms with Crippen LogP contribution >= 0.6 is 0 Å². The number of rotatable bonds is 6. The quantitative estimate of drug-likeness (QED) is 0.212. The van der Waals surface area contributed by atoms with E-state index >= 15 is 0 Å². The highest BCUT2D eigenvalue weighted by Crippen LogP contribution is 2.31. The van der Waals surface area contributed by atoms with Crippen molar-refractivity contribution in [3.05, 3.63) is 158 Å². The Kier molecular flexibility index (Phi) is 6.85. The number of pyridine rings is 4. The summed E-state index contributed by atoms with van der Waals surface area (Å²) in [5.41, 5.74) is 12.7. The van der Waals surface area contributed by atoms with Crippen molar-refractivity contribution >= 4 is 0 Å². The second kappa shape index (κ2) is 11.4. The van der Waals surface area contributed by atoms with Gasteiger partial charge in [-0.1, -0.05) is 78.9 Å². The van der Waals surface area contributed by atoms with Crippen LogP contribution in [0.1, 0.15) is 0 Å². The first-order chi connectivity index (χ1) is 20.8. The van der Waals surface area contributed by atoms with Crippen LogP contribution < -0.4 is 0 Å². The third-order valence-electron chi connectivity index (χ3n) is 7.34. The lowest BCUT2D eigenvalue weighted by Crippen LogP contribution is -1.88. The number of hydrogen-bond donors (Lipinski definition) is 0. The van der Waals surface area contributed by atoms with E-state index in [0.29, 0.717) is 0 Å². The molecule has 198 valence electrons. The predicted molar refractivity (Wildman–Crippen MR) is 170 cm³/mol. The first kappa shape index (κ1) is 25.2. The molecule has 0 saturated heterocycles. The predicted octanol–water partition coefficient (Wildman–Crippen LogP) is 9.27. The van der Waals surface area contributed by atoms with Gasteiger partial charge >= 0.3 is 0 Å². The van der Waals surface area contributed by atoms with Gasteiger partial charge in [-0.05, 0) is 99.1 Å². The number of hydrogen-bond acceptors (Lipinski definition) is 4. The minimum absolute atomic E-state index is 0.869. The fraction of sp³-hybridized carbons (Fsp3) is 0. The van der Waals surface area contributed by atoms with E-state index in [1.807, 2.05) is 60.9 Å². The molecule has 7 rings (SSSR count). The molecule has 4 nitrogen and oxygen atoms in total. The van der Waals surface area contributed by atoms with Crippen molar-refractivity contribution < 1.29 is 0 Å². The average molecular weight is 539 g/mol. The highest BCUT2D eigenvalue weighted by atomic mass is 14.8. The molecule has 0 atom stereocenters. The average Bonchev–Trinajstić information content (AvgIpc) is 3.09. The van der Waals surface area contributed by atoms with Crippen LogP contribution in [0, 0.1) is 0 Å². The Morgan fingerprint density at radius 3 is 1.00 bits per heavy atom. The van der Waals surface area contributed by atoms with Gasteiger partial charge in [0.15, 0.2) is 0 Å². The molecule has 0 aliphatic heterocycles. The molecule has 0 bridgehead atoms. The fourth-order valence-corrected chi connectivity index (χ4v) is 5.12. The standard InChI is InChI=1S/C38H26N4/c1-3-20-39-35(8-1)37-25-33(18-22-41-37)29-14-10-27(11-15-29)31-6-5-7-32(24-31)28-12-16-30(17-13-28)34-19-23-42-38(26-34)36-9-2-4-21-40-36/h1-26H. The normalized spacial score (nSPS) is 10.9. The third kappa shape index (κ3) is 5.34. The van der Waals surface area contributed by atoms with Crippen LogP contribution in [0.25, 0.3) is 67.3 Å². The summed E-state index contributed by atoms with van der Waals surface area (Å²) in [5, 5.41) is 0. The van der Waals surface area contributed by atoms with Gasteiger partial charge in [0.05, 0.1) is 22.8 Å². The lowest BCUT2D eigenvalue weighted by molar-refractivity contribution is 1.25. The Hall–Kier alpha value is -5.74. The van der Waals surface area contributed by atoms with Gasteiger partial charge in [0.2, 0.25) is 0 Å². The second-order valence-electron chi connectivity index (χ2n) is 10.0. The van der Waals surface area contributed by atoms with Gasteiger partial charge < -0.3 is 0 Å². The van der Waals surface area contributed by atoms with Crippen LogP contribution in [0.15, 0.2) is 158 Å². The van der Waals surface area contributed by atoms with Crippen LogP contribution in [0.3, 0.4) is 0 Å². The molecule has 0 radical (unpaired) electrons. The van der Waals surface area contributed by atoms with Crippen LogP contribution in [-0.4, -0.2) is 19.9 Å². The molecule has 0 fully saturated rings. The van der Waals surface area contributed by atoms with E-state index in [-0.39, 0.29) is 0 Å². The summed E-state index contributed by atoms with van der Waals surface area (Å²) >= 11 is 0. The Bertz CT molecular complexity index is 1810. The summed E-state index contributed by atoms with van der Waals surface area (Å²) in [6.07, 6.45) is 7.27. The zero-order valence-electron chi connectivity index (χ0n) is 22.8. The molecule has 0 spiro atoms. The lowest BCUT2D eigenvalue weighted by atomic mass is 9.96. The first-order valence-electron chi connectivity index (χ1n) is 13.9. The molecule has 4 heteroatoms. The zero-order valence-corrected chi connectivity index (χ0v) is 22.8. The second-order valence-corrected chi connectivity index (χ2v) is 10.0. The largest absolute Gasteiger partial charge is 0.255 e. The maximum absolute atomic E-state index is 4.51. The summed E-state index contributed by atoms with van der Waals surface area (Å²) in [6.45, 7) is 0. The molecule has 3 aromatic carbocycles. The maximum atomic E-state index is 4.51. The molecule has 4 aromatic heterocycles. The van der Waals surface area contributed by atoms with E-state index in [4.69, 9.17) is 0 Å². The minimum Gasteiger partial charge on any atom is -0.255 e. The molecule has 4 heterocycles. The highest BCUT2D eigenvalue weighted by molar-refractivity contribution is 5.78. The number of benzene rings is 3. The first-order valence-corrected chi connectivity index (χ1v) is 13.9. The molecule has 0 aliphatic carbocycles. The van der Waals surface area contributed by atoms with E-state index in [1.54, 1.807) is 12.4 Å². The van der Waals surface area contributed by atoms with Gasteiger partial charge in [-0.15, -0.1) is 0 Å². The van der Waals surface area contributed by atoms with Gasteiger partial charge in [0.25, 0.3) is 0 Å². The summed E-state index contributed by atoms with van der Waals surface area (Å²) in [7, 11) is 0. The number of nitrogens with zero attached hydrogens (tertiary/aromatic N) is 4. The van der Waals surface area contributed by atoms with Crippen molar-refractivity contribution in [3.63, 3.8) is 0 Å². The fourth-order valence-electron chi connectivity index (χ4n) is 5.12. The Morgan fingerprint density at radius 2 is 0.619 bits per heavy atom. The Morgan fingerprint density at radius 1 is 0.238 bits per heavy atom. The topological polar surface area (TPSA) is 51.6 Å². The lowest BCUT2D eigenvalue weighted by Gasteiger charge is -2.09. The van der Waals surface area contributed by atoms with Crippen molar-refractivity contribution in [1.82, 2.24) is 19.9 Å². The molecular formula is C38H26N4. The zero-order chi connectivity index (χ0) is 28.1. The molecule has 7 aromatic rings. The minimum atomic E-state index is 0.869. The van der Waals surface area contributed by atoms with Gasteiger partial charge in [-0.3, -0.25) is 19.9 Å². The van der Waals surface area contributed by atoms with Crippen LogP contribution in [-0.2, 0) is 0 Å². The van der Waals surface area contributed by atoms with Gasteiger partial charge in [-0.2, -0.15) is 0 Å². The number of aromatic nitrogens is 4. The van der Waals surface area contributed by atoms with Crippen molar-refractivity contribution in [1.29, 1.82) is 0 Å². The van der Waals surface area contributed by atoms with Crippen molar-refractivity contribution in [2.75, 3.05) is 0 Å². The highest BCUT2D eigenvalue weighted by Gasteiger charge is 2.08. The summed E-state index contributed by atoms with van der Waals surface area (Å²) in [5.74, 6) is 0. The van der Waals surface area contributed by atoms with Gasteiger partial charge in [0.1, 0.15) is 0 Å². The molecule has 0 N–H and O–H groups in total. The summed E-state index contributed by atoms with van der Waals surface area (Å²) in [6, 6.07) is 46.1. The van der Waals surface area contributed by atoms with E-state index in [1.165, 1.54) is 22.3 Å². The van der Waals surface area contributed by atoms with Crippen LogP contribution in [0.4, 0.5) is 0 Å². The van der Waals surface area contributed by atoms with E-state index in [9.17, 15) is 0 Å². The molecular weight excluding hydrogens is 512 g/mol. The Labute approximate surface area is 245 Å². The molecule has 0 amide bonds. The molecule has 0 saturated carbocycles. The monoisotopic (exact) mass is 538 g/mol. The van der Waals surface area contributed by atoms with Crippen LogP contribution in [0.2, 0.25) is 0 Å². The summed E-state index contributed by atoms with van der Waals surface area (Å²) in [4.78, 5) is 17.9. The maximum Gasteiger partial charge on any atom is 0.0892 e. The van der Waals surface area contributed by atoms with Crippen molar-refractivity contribution in [2.24, 2.45) is 0 Å². The smallest absolute Gasteiger partial charge is 0.0892 e. The Balaban J connectivity index is 1.11. The van der Waals surface area contributed by atoms with Crippen LogP contribution in [0.5, 0.6) is 0 Å². The van der Waals surface area contributed by atoms with Crippen molar-refractivity contribution in [3.8, 4) is 67.3 Å². The van der Waals surface area contributed by atoms with Gasteiger partial charge in [-0.25, -0.2) is 0 Å². The van der Waals surface area contributed by atoms with E-state index in [2.05, 4.69) is 105 Å². The molecule has 0 aliphatic rings.